The average molecular weight is 695 g/mol. The van der Waals surface area contributed by atoms with E-state index in [1.807, 2.05) is 0 Å². The Labute approximate surface area is 316 Å². The third kappa shape index (κ3) is 30.0. The first-order chi connectivity index (χ1) is 24.0. The van der Waals surface area contributed by atoms with Gasteiger partial charge in [-0.2, -0.15) is 0 Å². The van der Waals surface area contributed by atoms with Crippen molar-refractivity contribution < 1.29 is 0 Å². The molecule has 1 aliphatic carbocycles. The molecule has 0 N–H and O–H groups in total. The van der Waals surface area contributed by atoms with Gasteiger partial charge in [-0.15, -0.1) is 13.2 Å². The van der Waals surface area contributed by atoms with E-state index in [0.717, 1.165) is 23.7 Å². The predicted octanol–water partition coefficient (Wildman–Crippen LogP) is 17.4. The van der Waals surface area contributed by atoms with Crippen LogP contribution >= 0.6 is 0 Å². The van der Waals surface area contributed by atoms with Crippen LogP contribution in [-0.2, 0) is 0 Å². The molecule has 49 heavy (non-hydrogen) atoms. The molecule has 0 aromatic carbocycles. The van der Waals surface area contributed by atoms with E-state index in [0.29, 0.717) is 0 Å². The van der Waals surface area contributed by atoms with Gasteiger partial charge in [0.15, 0.2) is 0 Å². The van der Waals surface area contributed by atoms with Crippen LogP contribution < -0.4 is 0 Å². The maximum Gasteiger partial charge on any atom is 0.261 e. The molecule has 0 fully saturated rings. The van der Waals surface area contributed by atoms with Crippen LogP contribution in [0.3, 0.4) is 0 Å². The molecule has 0 saturated carbocycles. The lowest BCUT2D eigenvalue weighted by molar-refractivity contribution is 0.301. The Morgan fingerprint density at radius 1 is 0.551 bits per heavy atom. The summed E-state index contributed by atoms with van der Waals surface area (Å²) < 4.78 is 0. The maximum absolute atomic E-state index is 3.88. The van der Waals surface area contributed by atoms with Crippen LogP contribution in [0.1, 0.15) is 227 Å². The van der Waals surface area contributed by atoms with Gasteiger partial charge in [0, 0.05) is 0 Å². The lowest BCUT2D eigenvalue weighted by Crippen LogP contribution is -2.14. The topological polar surface area (TPSA) is 0 Å². The summed E-state index contributed by atoms with van der Waals surface area (Å²) in [7, 11) is 0. The minimum absolute atomic E-state index is 0.534. The Hall–Kier alpha value is -0.248. The van der Waals surface area contributed by atoms with Gasteiger partial charge in [0.25, 0.3) is 14.1 Å². The van der Waals surface area contributed by atoms with Crippen molar-refractivity contribution in [2.45, 2.75) is 243 Å². The minimum Gasteiger partial charge on any atom is -0.103 e. The average Bonchev–Trinajstić information content (AvgIpc) is 3.10. The standard InChI is InChI=1S/C18H33.2C15H29.Al/c1-4-5-6-7-8-9-10-11-17(3)18-14-12-16(2)13-15-18;2*1-4-6-8-9-10-11-12-14-15(3)13-7-5-2;/h12,17-18H,1,4-11,13-15H2,2-3H3;2*5,15H,1-2,4,6-14H2,3H3;. The molecule has 0 bridgehead atoms. The summed E-state index contributed by atoms with van der Waals surface area (Å²) in [5.74, 6) is 3.68. The molecule has 4 unspecified atom stereocenters. The highest BCUT2D eigenvalue weighted by Crippen LogP contribution is 2.32. The third-order valence-corrected chi connectivity index (χ3v) is 16.3. The van der Waals surface area contributed by atoms with E-state index in [1.54, 1.807) is 40.7 Å². The summed E-state index contributed by atoms with van der Waals surface area (Å²) in [5.41, 5.74) is 1.63. The number of hydrogen-bond acceptors (Lipinski definition) is 0. The summed E-state index contributed by atoms with van der Waals surface area (Å²) in [6.07, 6.45) is 51.6. The molecule has 0 nitrogen and oxygen atoms in total. The Morgan fingerprint density at radius 3 is 1.29 bits per heavy atom. The van der Waals surface area contributed by atoms with Crippen molar-refractivity contribution in [2.75, 3.05) is 0 Å². The number of unbranched alkanes of at least 4 members (excludes halogenated alkanes) is 18. The zero-order chi connectivity index (χ0) is 35.6. The van der Waals surface area contributed by atoms with Gasteiger partial charge in [-0.1, -0.05) is 215 Å². The first-order valence-corrected chi connectivity index (χ1v) is 25.3. The largest absolute Gasteiger partial charge is 0.261 e. The highest BCUT2D eigenvalue weighted by Gasteiger charge is 2.19. The molecule has 0 aliphatic heterocycles. The first-order valence-electron chi connectivity index (χ1n) is 22.8. The van der Waals surface area contributed by atoms with Crippen LogP contribution in [0.2, 0.25) is 15.8 Å². The molecule has 0 amide bonds. The second kappa shape index (κ2) is 34.8. The number of rotatable bonds is 37. The molecular weight excluding hydrogens is 604 g/mol. The predicted molar refractivity (Wildman–Crippen MR) is 228 cm³/mol. The second-order valence-corrected chi connectivity index (χ2v) is 21.0. The lowest BCUT2D eigenvalue weighted by atomic mass is 9.79. The zero-order valence-corrected chi connectivity index (χ0v) is 35.7. The SMILES string of the molecule is C=CCCC(C)CCCCCCCC[CH2][Al]([CH2]CCCCCCCCC(C)CCC=C)[CH2]CCCCCCCCC(C)C1CC=C(C)CC1. The van der Waals surface area contributed by atoms with Crippen molar-refractivity contribution in [3.63, 3.8) is 0 Å². The van der Waals surface area contributed by atoms with Crippen molar-refractivity contribution in [1.82, 2.24) is 0 Å². The third-order valence-electron chi connectivity index (χ3n) is 12.6. The first kappa shape index (κ1) is 46.8. The molecule has 4 atom stereocenters. The summed E-state index contributed by atoms with van der Waals surface area (Å²) >= 11 is -0.534. The molecule has 0 aromatic rings. The van der Waals surface area contributed by atoms with Gasteiger partial charge in [0.2, 0.25) is 0 Å². The van der Waals surface area contributed by atoms with E-state index in [-0.39, 0.29) is 0 Å². The molecule has 1 aliphatic rings. The fraction of sp³-hybridized carbons (Fsp3) is 0.875. The van der Waals surface area contributed by atoms with Gasteiger partial charge in [0.05, 0.1) is 0 Å². The maximum atomic E-state index is 3.88. The molecular formula is C48H91Al. The Bertz CT molecular complexity index is 714. The van der Waals surface area contributed by atoms with Crippen molar-refractivity contribution >= 4 is 14.1 Å². The Morgan fingerprint density at radius 2 is 0.918 bits per heavy atom. The van der Waals surface area contributed by atoms with Gasteiger partial charge < -0.3 is 0 Å². The van der Waals surface area contributed by atoms with Crippen LogP contribution in [0.5, 0.6) is 0 Å². The van der Waals surface area contributed by atoms with Crippen molar-refractivity contribution in [3.05, 3.63) is 37.0 Å². The molecule has 1 heteroatoms. The summed E-state index contributed by atoms with van der Waals surface area (Å²) in [5, 5.41) is 4.96. The minimum atomic E-state index is -0.534. The van der Waals surface area contributed by atoms with Crippen LogP contribution in [0, 0.1) is 23.7 Å². The summed E-state index contributed by atoms with van der Waals surface area (Å²) in [6.45, 7) is 17.5. The van der Waals surface area contributed by atoms with Gasteiger partial charge in [0.1, 0.15) is 0 Å². The van der Waals surface area contributed by atoms with Gasteiger partial charge in [-0.25, -0.2) is 0 Å². The fourth-order valence-electron chi connectivity index (χ4n) is 8.67. The van der Waals surface area contributed by atoms with Crippen molar-refractivity contribution in [2.24, 2.45) is 23.7 Å². The van der Waals surface area contributed by atoms with Gasteiger partial charge >= 0.3 is 0 Å². The van der Waals surface area contributed by atoms with Crippen molar-refractivity contribution in [3.8, 4) is 0 Å². The molecule has 1 rings (SSSR count). The van der Waals surface area contributed by atoms with Gasteiger partial charge in [-0.05, 0) is 75.5 Å². The molecule has 0 saturated heterocycles. The fourth-order valence-corrected chi connectivity index (χ4v) is 12.1. The second-order valence-electron chi connectivity index (χ2n) is 17.5. The molecule has 0 radical (unpaired) electrons. The van der Waals surface area contributed by atoms with E-state index in [2.05, 4.69) is 59.1 Å². The van der Waals surface area contributed by atoms with E-state index in [9.17, 15) is 0 Å². The van der Waals surface area contributed by atoms with E-state index >= 15 is 0 Å². The van der Waals surface area contributed by atoms with Crippen LogP contribution in [0.4, 0.5) is 0 Å². The smallest absolute Gasteiger partial charge is 0.103 e. The molecule has 0 heterocycles. The van der Waals surface area contributed by atoms with E-state index in [1.165, 1.54) is 180 Å². The molecule has 286 valence electrons. The molecule has 0 aromatic heterocycles. The zero-order valence-electron chi connectivity index (χ0n) is 34.6. The van der Waals surface area contributed by atoms with Crippen molar-refractivity contribution in [1.29, 1.82) is 0 Å². The van der Waals surface area contributed by atoms with E-state index in [4.69, 9.17) is 0 Å². The molecule has 0 spiro atoms. The quantitative estimate of drug-likeness (QED) is 0.0345. The highest BCUT2D eigenvalue weighted by atomic mass is 27.2. The summed E-state index contributed by atoms with van der Waals surface area (Å²) in [6, 6.07) is 0. The summed E-state index contributed by atoms with van der Waals surface area (Å²) in [4.78, 5) is 0. The van der Waals surface area contributed by atoms with E-state index < -0.39 is 14.1 Å². The normalized spacial score (nSPS) is 16.7. The Kier molecular flexibility index (Phi) is 33.2. The highest BCUT2D eigenvalue weighted by molar-refractivity contribution is 6.58. The number of hydrogen-bond donors (Lipinski definition) is 0. The lowest BCUT2D eigenvalue weighted by Gasteiger charge is -2.26. The van der Waals surface area contributed by atoms with Crippen LogP contribution in [0.15, 0.2) is 37.0 Å². The van der Waals surface area contributed by atoms with Gasteiger partial charge in [-0.3, -0.25) is 0 Å². The number of allylic oxidation sites excluding steroid dienone is 4. The van der Waals surface area contributed by atoms with Crippen LogP contribution in [0.25, 0.3) is 0 Å². The Balaban J connectivity index is 2.16. The van der Waals surface area contributed by atoms with Crippen LogP contribution in [-0.4, -0.2) is 14.1 Å². The monoisotopic (exact) mass is 695 g/mol.